The van der Waals surface area contributed by atoms with Crippen molar-refractivity contribution in [1.82, 2.24) is 20.2 Å². The van der Waals surface area contributed by atoms with Gasteiger partial charge in [-0.3, -0.25) is 0 Å². The molecule has 2 rings (SSSR count). The molecule has 0 aliphatic rings. The first-order valence-electron chi connectivity index (χ1n) is 4.24. The van der Waals surface area contributed by atoms with Crippen molar-refractivity contribution >= 4 is 0 Å². The number of benzene rings is 1. The van der Waals surface area contributed by atoms with E-state index in [2.05, 4.69) is 15.5 Å². The summed E-state index contributed by atoms with van der Waals surface area (Å²) in [6.07, 6.45) is 0. The fourth-order valence-corrected chi connectivity index (χ4v) is 1.28. The van der Waals surface area contributed by atoms with E-state index >= 15 is 0 Å². The molecule has 2 aromatic rings. The van der Waals surface area contributed by atoms with Crippen LogP contribution in [0.5, 0.6) is 0 Å². The van der Waals surface area contributed by atoms with Crippen molar-refractivity contribution in [3.63, 3.8) is 0 Å². The number of aryl methyl sites for hydroxylation is 1. The second-order valence-electron chi connectivity index (χ2n) is 2.98. The molecule has 1 N–H and O–H groups in total. The highest BCUT2D eigenvalue weighted by Crippen LogP contribution is 2.16. The second-order valence-corrected chi connectivity index (χ2v) is 2.98. The minimum atomic E-state index is 0.0269. The predicted octanol–water partition coefficient (Wildman–Crippen LogP) is 0.369. The molecular formula is C9H10N4O. The van der Waals surface area contributed by atoms with Gasteiger partial charge in [-0.05, 0) is 22.1 Å². The van der Waals surface area contributed by atoms with Crippen LogP contribution in [0.1, 0.15) is 5.56 Å². The number of aliphatic hydroxyl groups is 1. The van der Waals surface area contributed by atoms with E-state index in [-0.39, 0.29) is 6.61 Å². The van der Waals surface area contributed by atoms with Crippen molar-refractivity contribution in [2.24, 2.45) is 7.05 Å². The van der Waals surface area contributed by atoms with Crippen LogP contribution in [0, 0.1) is 0 Å². The van der Waals surface area contributed by atoms with Crippen LogP contribution in [0.15, 0.2) is 24.3 Å². The van der Waals surface area contributed by atoms with Gasteiger partial charge in [-0.15, -0.1) is 5.10 Å². The lowest BCUT2D eigenvalue weighted by atomic mass is 10.1. The highest BCUT2D eigenvalue weighted by molar-refractivity contribution is 5.55. The monoisotopic (exact) mass is 190 g/mol. The second kappa shape index (κ2) is 3.55. The quantitative estimate of drug-likeness (QED) is 0.743. The molecule has 0 fully saturated rings. The summed E-state index contributed by atoms with van der Waals surface area (Å²) in [5.41, 5.74) is 1.76. The van der Waals surface area contributed by atoms with Gasteiger partial charge >= 0.3 is 0 Å². The molecule has 0 aliphatic heterocycles. The van der Waals surface area contributed by atoms with Crippen LogP contribution in [0.2, 0.25) is 0 Å². The number of aromatic nitrogens is 4. The van der Waals surface area contributed by atoms with Gasteiger partial charge in [-0.25, -0.2) is 4.68 Å². The molecule has 0 atom stereocenters. The van der Waals surface area contributed by atoms with E-state index in [1.807, 2.05) is 24.3 Å². The molecule has 0 saturated carbocycles. The van der Waals surface area contributed by atoms with Gasteiger partial charge in [0.1, 0.15) is 0 Å². The number of aliphatic hydroxyl groups excluding tert-OH is 1. The van der Waals surface area contributed by atoms with Crippen molar-refractivity contribution in [2.45, 2.75) is 6.61 Å². The first-order chi connectivity index (χ1) is 6.81. The summed E-state index contributed by atoms with van der Waals surface area (Å²) in [5, 5.41) is 20.1. The Morgan fingerprint density at radius 3 is 2.93 bits per heavy atom. The Morgan fingerprint density at radius 2 is 2.29 bits per heavy atom. The lowest BCUT2D eigenvalue weighted by Crippen LogP contribution is -1.95. The summed E-state index contributed by atoms with van der Waals surface area (Å²) in [7, 11) is 1.78. The number of hydrogen-bond donors (Lipinski definition) is 1. The lowest BCUT2D eigenvalue weighted by Gasteiger charge is -2.00. The van der Waals surface area contributed by atoms with E-state index in [0.29, 0.717) is 5.82 Å². The van der Waals surface area contributed by atoms with Crippen LogP contribution in [0.4, 0.5) is 0 Å². The van der Waals surface area contributed by atoms with Crippen LogP contribution in [0.25, 0.3) is 11.4 Å². The normalized spacial score (nSPS) is 10.4. The van der Waals surface area contributed by atoms with Crippen LogP contribution in [-0.4, -0.2) is 25.3 Å². The molecule has 0 spiro atoms. The van der Waals surface area contributed by atoms with Gasteiger partial charge in [0.15, 0.2) is 5.82 Å². The Kier molecular flexibility index (Phi) is 2.24. The van der Waals surface area contributed by atoms with E-state index < -0.39 is 0 Å². The average Bonchev–Trinajstić information content (AvgIpc) is 2.65. The zero-order chi connectivity index (χ0) is 9.97. The van der Waals surface area contributed by atoms with Gasteiger partial charge in [0.05, 0.1) is 6.61 Å². The minimum absolute atomic E-state index is 0.0269. The molecule has 72 valence electrons. The Morgan fingerprint density at radius 1 is 1.43 bits per heavy atom. The summed E-state index contributed by atoms with van der Waals surface area (Å²) in [5.74, 6) is 0.695. The van der Waals surface area contributed by atoms with E-state index in [4.69, 9.17) is 5.11 Å². The van der Waals surface area contributed by atoms with Crippen molar-refractivity contribution in [3.8, 4) is 11.4 Å². The van der Waals surface area contributed by atoms with Gasteiger partial charge in [-0.1, -0.05) is 18.2 Å². The Labute approximate surface area is 81.0 Å². The SMILES string of the molecule is Cn1nnnc1-c1cccc(CO)c1. The number of tetrazole rings is 1. The molecule has 0 saturated heterocycles. The van der Waals surface area contributed by atoms with Crippen LogP contribution < -0.4 is 0 Å². The average molecular weight is 190 g/mol. The zero-order valence-electron chi connectivity index (χ0n) is 7.75. The summed E-state index contributed by atoms with van der Waals surface area (Å²) >= 11 is 0. The zero-order valence-corrected chi connectivity index (χ0v) is 7.75. The summed E-state index contributed by atoms with van der Waals surface area (Å²) in [6, 6.07) is 7.50. The molecule has 5 heteroatoms. The summed E-state index contributed by atoms with van der Waals surface area (Å²) in [4.78, 5) is 0. The topological polar surface area (TPSA) is 63.8 Å². The fourth-order valence-electron chi connectivity index (χ4n) is 1.28. The van der Waals surface area contributed by atoms with E-state index in [0.717, 1.165) is 11.1 Å². The van der Waals surface area contributed by atoms with E-state index in [9.17, 15) is 0 Å². The molecule has 1 aromatic heterocycles. The van der Waals surface area contributed by atoms with Crippen molar-refractivity contribution in [2.75, 3.05) is 0 Å². The molecule has 1 heterocycles. The third-order valence-corrected chi connectivity index (χ3v) is 1.99. The predicted molar refractivity (Wildman–Crippen MR) is 50.2 cm³/mol. The Bertz CT molecular complexity index is 438. The molecule has 0 aliphatic carbocycles. The molecule has 0 radical (unpaired) electrons. The molecule has 1 aromatic carbocycles. The first kappa shape index (κ1) is 8.83. The number of hydrogen-bond acceptors (Lipinski definition) is 4. The Hall–Kier alpha value is -1.75. The Balaban J connectivity index is 2.47. The highest BCUT2D eigenvalue weighted by Gasteiger charge is 2.05. The maximum absolute atomic E-state index is 8.97. The molecule has 5 nitrogen and oxygen atoms in total. The standard InChI is InChI=1S/C9H10N4O/c1-13-9(10-11-12-13)8-4-2-3-7(5-8)6-14/h2-5,14H,6H2,1H3. The first-order valence-corrected chi connectivity index (χ1v) is 4.24. The van der Waals surface area contributed by atoms with Crippen LogP contribution in [0.3, 0.4) is 0 Å². The van der Waals surface area contributed by atoms with Crippen molar-refractivity contribution in [1.29, 1.82) is 0 Å². The molecule has 0 unspecified atom stereocenters. The van der Waals surface area contributed by atoms with Crippen molar-refractivity contribution < 1.29 is 5.11 Å². The van der Waals surface area contributed by atoms with Gasteiger partial charge in [0.2, 0.25) is 0 Å². The maximum atomic E-state index is 8.97. The highest BCUT2D eigenvalue weighted by atomic mass is 16.3. The number of rotatable bonds is 2. The van der Waals surface area contributed by atoms with E-state index in [1.165, 1.54) is 0 Å². The minimum Gasteiger partial charge on any atom is -0.392 e. The molecular weight excluding hydrogens is 180 g/mol. The third kappa shape index (κ3) is 1.49. The molecule has 0 bridgehead atoms. The van der Waals surface area contributed by atoms with Crippen LogP contribution >= 0.6 is 0 Å². The largest absolute Gasteiger partial charge is 0.392 e. The fraction of sp³-hybridized carbons (Fsp3) is 0.222. The summed E-state index contributed by atoms with van der Waals surface area (Å²) in [6.45, 7) is 0.0269. The number of nitrogens with zero attached hydrogens (tertiary/aromatic N) is 4. The third-order valence-electron chi connectivity index (χ3n) is 1.99. The smallest absolute Gasteiger partial charge is 0.181 e. The van der Waals surface area contributed by atoms with Gasteiger partial charge < -0.3 is 5.11 Å². The molecule has 0 amide bonds. The van der Waals surface area contributed by atoms with E-state index in [1.54, 1.807) is 11.7 Å². The van der Waals surface area contributed by atoms with Gasteiger partial charge in [0, 0.05) is 12.6 Å². The molecule has 14 heavy (non-hydrogen) atoms. The summed E-state index contributed by atoms with van der Waals surface area (Å²) < 4.78 is 1.59. The van der Waals surface area contributed by atoms with Crippen LogP contribution in [-0.2, 0) is 13.7 Å². The maximum Gasteiger partial charge on any atom is 0.181 e. The lowest BCUT2D eigenvalue weighted by molar-refractivity contribution is 0.282. The van der Waals surface area contributed by atoms with Gasteiger partial charge in [0.25, 0.3) is 0 Å². The van der Waals surface area contributed by atoms with Crippen molar-refractivity contribution in [3.05, 3.63) is 29.8 Å². The van der Waals surface area contributed by atoms with Gasteiger partial charge in [-0.2, -0.15) is 0 Å².